The minimum Gasteiger partial charge on any atom is -0.322 e. The first-order chi connectivity index (χ1) is 11.6. The maximum atomic E-state index is 12.5. The van der Waals surface area contributed by atoms with Gasteiger partial charge in [-0.25, -0.2) is 0 Å². The lowest BCUT2D eigenvalue weighted by Crippen LogP contribution is -2.17. The number of amides is 2. The van der Waals surface area contributed by atoms with Crippen LogP contribution in [0.15, 0.2) is 66.0 Å². The highest BCUT2D eigenvalue weighted by molar-refractivity contribution is 7.12. The number of halogens is 1. The molecule has 0 aliphatic carbocycles. The second-order valence-electron chi connectivity index (χ2n) is 4.94. The van der Waals surface area contributed by atoms with Gasteiger partial charge in [0.1, 0.15) is 0 Å². The molecular formula is C18H13ClN2O2S. The zero-order valence-corrected chi connectivity index (χ0v) is 14.0. The van der Waals surface area contributed by atoms with E-state index in [-0.39, 0.29) is 11.8 Å². The smallest absolute Gasteiger partial charge is 0.265 e. The Morgan fingerprint density at radius 1 is 0.833 bits per heavy atom. The Labute approximate surface area is 148 Å². The highest BCUT2D eigenvalue weighted by Crippen LogP contribution is 2.20. The van der Waals surface area contributed by atoms with Crippen molar-refractivity contribution >= 4 is 46.1 Å². The summed E-state index contributed by atoms with van der Waals surface area (Å²) in [5.41, 5.74) is 1.48. The maximum absolute atomic E-state index is 12.5. The molecule has 2 amide bonds. The molecule has 4 nitrogen and oxygen atoms in total. The first-order valence-electron chi connectivity index (χ1n) is 7.14. The Bertz CT molecular complexity index is 861. The van der Waals surface area contributed by atoms with Crippen molar-refractivity contribution in [3.05, 3.63) is 81.5 Å². The Morgan fingerprint density at radius 2 is 1.58 bits per heavy atom. The van der Waals surface area contributed by atoms with E-state index in [1.807, 2.05) is 5.38 Å². The molecule has 3 aromatic rings. The third-order valence-corrected chi connectivity index (χ3v) is 4.39. The SMILES string of the molecule is O=C(Nc1ccccc1C(=O)Nc1ccc(Cl)cc1)c1cccs1. The fourth-order valence-electron chi connectivity index (χ4n) is 2.11. The first kappa shape index (κ1) is 16.2. The molecule has 0 fully saturated rings. The van der Waals surface area contributed by atoms with Crippen LogP contribution in [-0.2, 0) is 0 Å². The minimum absolute atomic E-state index is 0.239. The molecule has 0 aliphatic rings. The number of thiophene rings is 1. The largest absolute Gasteiger partial charge is 0.322 e. The average molecular weight is 357 g/mol. The van der Waals surface area contributed by atoms with E-state index in [0.29, 0.717) is 26.8 Å². The van der Waals surface area contributed by atoms with E-state index in [1.165, 1.54) is 11.3 Å². The predicted molar refractivity (Wildman–Crippen MR) is 98.1 cm³/mol. The van der Waals surface area contributed by atoms with Crippen LogP contribution in [0.4, 0.5) is 11.4 Å². The van der Waals surface area contributed by atoms with E-state index in [9.17, 15) is 9.59 Å². The van der Waals surface area contributed by atoms with Crippen LogP contribution in [0.1, 0.15) is 20.0 Å². The minimum atomic E-state index is -0.306. The number of nitrogens with one attached hydrogen (secondary N) is 2. The molecule has 2 N–H and O–H groups in total. The summed E-state index contributed by atoms with van der Waals surface area (Å²) in [4.78, 5) is 25.3. The third kappa shape index (κ3) is 3.82. The number of para-hydroxylation sites is 1. The number of hydrogen-bond acceptors (Lipinski definition) is 3. The molecular weight excluding hydrogens is 344 g/mol. The number of carbonyl (C=O) groups excluding carboxylic acids is 2. The lowest BCUT2D eigenvalue weighted by Gasteiger charge is -2.11. The van der Waals surface area contributed by atoms with Gasteiger partial charge in [-0.3, -0.25) is 9.59 Å². The number of rotatable bonds is 4. The number of hydrogen-bond donors (Lipinski definition) is 2. The van der Waals surface area contributed by atoms with Crippen LogP contribution in [-0.4, -0.2) is 11.8 Å². The number of carbonyl (C=O) groups is 2. The summed E-state index contributed by atoms with van der Waals surface area (Å²) in [6.07, 6.45) is 0. The molecule has 1 heterocycles. The second-order valence-corrected chi connectivity index (χ2v) is 6.32. The molecule has 1 aromatic heterocycles. The lowest BCUT2D eigenvalue weighted by atomic mass is 10.1. The normalized spacial score (nSPS) is 10.2. The third-order valence-electron chi connectivity index (χ3n) is 3.27. The second kappa shape index (κ2) is 7.29. The molecule has 3 rings (SSSR count). The molecule has 0 spiro atoms. The molecule has 0 atom stereocenters. The van der Waals surface area contributed by atoms with Crippen LogP contribution in [0.5, 0.6) is 0 Å². The Hall–Kier alpha value is -2.63. The van der Waals surface area contributed by atoms with Gasteiger partial charge in [0.2, 0.25) is 0 Å². The zero-order valence-electron chi connectivity index (χ0n) is 12.5. The molecule has 0 unspecified atom stereocenters. The van der Waals surface area contributed by atoms with E-state index in [0.717, 1.165) is 0 Å². The van der Waals surface area contributed by atoms with Crippen molar-refractivity contribution in [1.82, 2.24) is 0 Å². The van der Waals surface area contributed by atoms with E-state index in [1.54, 1.807) is 60.7 Å². The summed E-state index contributed by atoms with van der Waals surface area (Å²) in [5, 5.41) is 7.99. The molecule has 0 saturated carbocycles. The Morgan fingerprint density at radius 3 is 2.29 bits per heavy atom. The van der Waals surface area contributed by atoms with Crippen molar-refractivity contribution in [2.45, 2.75) is 0 Å². The van der Waals surface area contributed by atoms with Gasteiger partial charge in [-0.1, -0.05) is 29.8 Å². The molecule has 6 heteroatoms. The van der Waals surface area contributed by atoms with E-state index in [4.69, 9.17) is 11.6 Å². The van der Waals surface area contributed by atoms with Gasteiger partial charge in [0.15, 0.2) is 0 Å². The lowest BCUT2D eigenvalue weighted by molar-refractivity contribution is 0.102. The fraction of sp³-hybridized carbons (Fsp3) is 0. The van der Waals surface area contributed by atoms with Gasteiger partial charge >= 0.3 is 0 Å². The van der Waals surface area contributed by atoms with Crippen LogP contribution < -0.4 is 10.6 Å². The molecule has 2 aromatic carbocycles. The summed E-state index contributed by atoms with van der Waals surface area (Å²) >= 11 is 7.18. The van der Waals surface area contributed by atoms with Gasteiger partial charge in [-0.2, -0.15) is 0 Å². The topological polar surface area (TPSA) is 58.2 Å². The molecule has 0 saturated heterocycles. The van der Waals surface area contributed by atoms with Crippen molar-refractivity contribution < 1.29 is 9.59 Å². The van der Waals surface area contributed by atoms with E-state index >= 15 is 0 Å². The number of benzene rings is 2. The molecule has 0 aliphatic heterocycles. The summed E-state index contributed by atoms with van der Waals surface area (Å²) < 4.78 is 0. The molecule has 0 bridgehead atoms. The predicted octanol–water partition coefficient (Wildman–Crippen LogP) is 4.91. The molecule has 0 radical (unpaired) electrons. The standard InChI is InChI=1S/C18H13ClN2O2S/c19-12-7-9-13(10-8-12)20-17(22)14-4-1-2-5-15(14)21-18(23)16-6-3-11-24-16/h1-11H,(H,20,22)(H,21,23). The van der Waals surface area contributed by atoms with Gasteiger partial charge in [0.05, 0.1) is 16.1 Å². The van der Waals surface area contributed by atoms with Gasteiger partial charge in [-0.05, 0) is 47.8 Å². The van der Waals surface area contributed by atoms with Gasteiger partial charge in [0, 0.05) is 10.7 Å². The summed E-state index contributed by atoms with van der Waals surface area (Å²) in [7, 11) is 0. The van der Waals surface area contributed by atoms with Crippen molar-refractivity contribution in [3.63, 3.8) is 0 Å². The average Bonchev–Trinajstić information content (AvgIpc) is 3.12. The summed E-state index contributed by atoms with van der Waals surface area (Å²) in [5.74, 6) is -0.545. The van der Waals surface area contributed by atoms with Crippen LogP contribution in [0.3, 0.4) is 0 Å². The van der Waals surface area contributed by atoms with Crippen molar-refractivity contribution in [1.29, 1.82) is 0 Å². The highest BCUT2D eigenvalue weighted by atomic mass is 35.5. The monoisotopic (exact) mass is 356 g/mol. The Balaban J connectivity index is 1.79. The summed E-state index contributed by atoms with van der Waals surface area (Å²) in [6, 6.07) is 17.2. The number of anilines is 2. The van der Waals surface area contributed by atoms with Crippen LogP contribution in [0, 0.1) is 0 Å². The fourth-order valence-corrected chi connectivity index (χ4v) is 2.86. The maximum Gasteiger partial charge on any atom is 0.265 e. The first-order valence-corrected chi connectivity index (χ1v) is 8.40. The van der Waals surface area contributed by atoms with E-state index in [2.05, 4.69) is 10.6 Å². The van der Waals surface area contributed by atoms with Gasteiger partial charge < -0.3 is 10.6 Å². The zero-order chi connectivity index (χ0) is 16.9. The highest BCUT2D eigenvalue weighted by Gasteiger charge is 2.14. The van der Waals surface area contributed by atoms with Gasteiger partial charge in [0.25, 0.3) is 11.8 Å². The van der Waals surface area contributed by atoms with Crippen LogP contribution >= 0.6 is 22.9 Å². The molecule has 24 heavy (non-hydrogen) atoms. The van der Waals surface area contributed by atoms with Crippen LogP contribution in [0.25, 0.3) is 0 Å². The van der Waals surface area contributed by atoms with E-state index < -0.39 is 0 Å². The quantitative estimate of drug-likeness (QED) is 0.698. The summed E-state index contributed by atoms with van der Waals surface area (Å²) in [6.45, 7) is 0. The molecule has 120 valence electrons. The van der Waals surface area contributed by atoms with Gasteiger partial charge in [-0.15, -0.1) is 11.3 Å². The van der Waals surface area contributed by atoms with Crippen molar-refractivity contribution in [3.8, 4) is 0 Å². The van der Waals surface area contributed by atoms with Crippen molar-refractivity contribution in [2.75, 3.05) is 10.6 Å². The van der Waals surface area contributed by atoms with Crippen LogP contribution in [0.2, 0.25) is 5.02 Å². The van der Waals surface area contributed by atoms with Crippen molar-refractivity contribution in [2.24, 2.45) is 0 Å². The Kier molecular flexibility index (Phi) is 4.93.